The highest BCUT2D eigenvalue weighted by molar-refractivity contribution is 7.89. The Kier molecular flexibility index (Phi) is 5.59. The van der Waals surface area contributed by atoms with Gasteiger partial charge < -0.3 is 10.1 Å². The van der Waals surface area contributed by atoms with Gasteiger partial charge in [-0.05, 0) is 13.8 Å². The summed E-state index contributed by atoms with van der Waals surface area (Å²) in [7, 11) is -0.367. The number of sulfonamides is 1. The molecule has 1 amide bonds. The van der Waals surface area contributed by atoms with Crippen molar-refractivity contribution in [3.05, 3.63) is 0 Å². The van der Waals surface area contributed by atoms with Crippen molar-refractivity contribution in [1.29, 1.82) is 0 Å². The second-order valence-electron chi connectivity index (χ2n) is 3.48. The summed E-state index contributed by atoms with van der Waals surface area (Å²) in [6.07, 6.45) is -0.811. The summed E-state index contributed by atoms with van der Waals surface area (Å²) in [6.45, 7) is 3.48. The first-order valence-corrected chi connectivity index (χ1v) is 6.21. The van der Waals surface area contributed by atoms with E-state index < -0.39 is 16.1 Å². The van der Waals surface area contributed by atoms with E-state index in [1.807, 2.05) is 0 Å². The summed E-state index contributed by atoms with van der Waals surface area (Å²) in [6, 6.07) is 0. The zero-order valence-electron chi connectivity index (χ0n) is 9.48. The molecule has 0 aromatic heterocycles. The van der Waals surface area contributed by atoms with E-state index >= 15 is 0 Å². The highest BCUT2D eigenvalue weighted by Gasteiger charge is 2.13. The fraction of sp³-hybridized carbons (Fsp3) is 0.875. The third-order valence-corrected chi connectivity index (χ3v) is 3.36. The van der Waals surface area contributed by atoms with Gasteiger partial charge in [-0.15, -0.1) is 0 Å². The van der Waals surface area contributed by atoms with E-state index in [0.29, 0.717) is 0 Å². The molecule has 0 bridgehead atoms. The van der Waals surface area contributed by atoms with Crippen molar-refractivity contribution < 1.29 is 17.9 Å². The number of carbonyl (C=O) groups excluding carboxylic acids is 1. The number of alkyl carbamates (subject to hydrolysis) is 1. The van der Waals surface area contributed by atoms with Crippen molar-refractivity contribution in [3.8, 4) is 0 Å². The van der Waals surface area contributed by atoms with Crippen LogP contribution in [-0.2, 0) is 14.8 Å². The smallest absolute Gasteiger partial charge is 0.407 e. The van der Waals surface area contributed by atoms with Crippen LogP contribution in [0.25, 0.3) is 0 Å². The van der Waals surface area contributed by atoms with Crippen LogP contribution in [0, 0.1) is 0 Å². The summed E-state index contributed by atoms with van der Waals surface area (Å²) in [5.74, 6) is -0.132. The van der Waals surface area contributed by atoms with Crippen LogP contribution < -0.4 is 5.32 Å². The van der Waals surface area contributed by atoms with E-state index in [9.17, 15) is 13.2 Å². The minimum absolute atomic E-state index is 0.0477. The quantitative estimate of drug-likeness (QED) is 0.732. The van der Waals surface area contributed by atoms with Gasteiger partial charge >= 0.3 is 6.09 Å². The molecule has 0 aliphatic carbocycles. The van der Waals surface area contributed by atoms with E-state index in [-0.39, 0.29) is 18.4 Å². The number of ether oxygens (including phenoxy) is 1. The van der Waals surface area contributed by atoms with Crippen LogP contribution >= 0.6 is 0 Å². The number of nitrogens with one attached hydrogen (secondary N) is 1. The van der Waals surface area contributed by atoms with Gasteiger partial charge in [0.05, 0.1) is 11.9 Å². The lowest BCUT2D eigenvalue weighted by Gasteiger charge is -2.12. The molecular formula is C8H18N2O4S. The second-order valence-corrected chi connectivity index (χ2v) is 5.78. The van der Waals surface area contributed by atoms with Crippen LogP contribution in [0.4, 0.5) is 4.79 Å². The third kappa shape index (κ3) is 6.29. The molecule has 0 radical (unpaired) electrons. The van der Waals surface area contributed by atoms with Gasteiger partial charge in [0.1, 0.15) is 0 Å². The second kappa shape index (κ2) is 5.92. The fourth-order valence-corrected chi connectivity index (χ4v) is 1.45. The number of amides is 1. The highest BCUT2D eigenvalue weighted by Crippen LogP contribution is 1.93. The Morgan fingerprint density at radius 1 is 1.40 bits per heavy atom. The van der Waals surface area contributed by atoms with Crippen molar-refractivity contribution in [1.82, 2.24) is 9.62 Å². The molecule has 1 N–H and O–H groups in total. The Hall–Kier alpha value is -0.820. The van der Waals surface area contributed by atoms with Crippen LogP contribution in [0.15, 0.2) is 0 Å². The lowest BCUT2D eigenvalue weighted by Crippen LogP contribution is -2.34. The van der Waals surface area contributed by atoms with Crippen molar-refractivity contribution >= 4 is 16.1 Å². The Morgan fingerprint density at radius 3 is 2.33 bits per heavy atom. The first kappa shape index (κ1) is 14.2. The monoisotopic (exact) mass is 238 g/mol. The number of hydrogen-bond donors (Lipinski definition) is 1. The van der Waals surface area contributed by atoms with E-state index in [4.69, 9.17) is 4.74 Å². The Morgan fingerprint density at radius 2 is 1.93 bits per heavy atom. The first-order valence-electron chi connectivity index (χ1n) is 4.60. The maximum absolute atomic E-state index is 11.3. The molecule has 7 heteroatoms. The summed E-state index contributed by atoms with van der Waals surface area (Å²) in [5, 5.41) is 2.36. The summed E-state index contributed by atoms with van der Waals surface area (Å²) >= 11 is 0. The van der Waals surface area contributed by atoms with Gasteiger partial charge in [0.25, 0.3) is 0 Å². The predicted octanol–water partition coefficient (Wildman–Crippen LogP) is 0.0124. The van der Waals surface area contributed by atoms with Gasteiger partial charge in [0, 0.05) is 20.6 Å². The highest BCUT2D eigenvalue weighted by atomic mass is 32.2. The standard InChI is InChI=1S/C8H18N2O4S/c1-7(2)14-8(11)9-5-6-15(12,13)10(3)4/h7H,5-6H2,1-4H3,(H,9,11). The molecule has 15 heavy (non-hydrogen) atoms. The molecule has 0 atom stereocenters. The van der Waals surface area contributed by atoms with Gasteiger partial charge in [-0.1, -0.05) is 0 Å². The fourth-order valence-electron chi connectivity index (χ4n) is 0.720. The molecule has 0 aliphatic rings. The van der Waals surface area contributed by atoms with E-state index in [1.165, 1.54) is 14.1 Å². The zero-order chi connectivity index (χ0) is 12.1. The number of rotatable bonds is 5. The van der Waals surface area contributed by atoms with Gasteiger partial charge in [-0.2, -0.15) is 0 Å². The van der Waals surface area contributed by atoms with Crippen LogP contribution in [0.2, 0.25) is 0 Å². The van der Waals surface area contributed by atoms with Crippen molar-refractivity contribution in [2.24, 2.45) is 0 Å². The minimum atomic E-state index is -3.26. The molecular weight excluding hydrogens is 220 g/mol. The maximum atomic E-state index is 11.3. The molecule has 0 aromatic carbocycles. The predicted molar refractivity (Wildman–Crippen MR) is 57.1 cm³/mol. The van der Waals surface area contributed by atoms with Gasteiger partial charge in [0.15, 0.2) is 0 Å². The van der Waals surface area contributed by atoms with Gasteiger partial charge in [0.2, 0.25) is 10.0 Å². The van der Waals surface area contributed by atoms with Crippen LogP contribution in [0.5, 0.6) is 0 Å². The molecule has 90 valence electrons. The average Bonchev–Trinajstić information content (AvgIpc) is 2.01. The number of carbonyl (C=O) groups is 1. The lowest BCUT2D eigenvalue weighted by molar-refractivity contribution is 0.116. The largest absolute Gasteiger partial charge is 0.447 e. The summed E-state index contributed by atoms with van der Waals surface area (Å²) < 4.78 is 28.4. The van der Waals surface area contributed by atoms with E-state index in [0.717, 1.165) is 4.31 Å². The Labute approximate surface area is 90.6 Å². The summed E-state index contributed by atoms with van der Waals surface area (Å²) in [4.78, 5) is 11.0. The van der Waals surface area contributed by atoms with Crippen LogP contribution in [0.3, 0.4) is 0 Å². The van der Waals surface area contributed by atoms with Gasteiger partial charge in [-0.3, -0.25) is 0 Å². The Balaban J connectivity index is 3.86. The molecule has 0 spiro atoms. The van der Waals surface area contributed by atoms with Crippen LogP contribution in [-0.4, -0.2) is 51.3 Å². The molecule has 0 unspecified atom stereocenters. The number of nitrogens with zero attached hydrogens (tertiary/aromatic N) is 1. The molecule has 0 saturated carbocycles. The molecule has 0 rings (SSSR count). The minimum Gasteiger partial charge on any atom is -0.447 e. The van der Waals surface area contributed by atoms with Crippen LogP contribution in [0.1, 0.15) is 13.8 Å². The molecule has 0 aromatic rings. The molecule has 6 nitrogen and oxygen atoms in total. The number of hydrogen-bond acceptors (Lipinski definition) is 4. The average molecular weight is 238 g/mol. The van der Waals surface area contributed by atoms with Crippen molar-refractivity contribution in [2.45, 2.75) is 20.0 Å². The SMILES string of the molecule is CC(C)OC(=O)NCCS(=O)(=O)N(C)C. The molecule has 0 heterocycles. The van der Waals surface area contributed by atoms with E-state index in [1.54, 1.807) is 13.8 Å². The lowest BCUT2D eigenvalue weighted by atomic mass is 10.5. The first-order chi connectivity index (χ1) is 6.75. The molecule has 0 fully saturated rings. The summed E-state index contributed by atoms with van der Waals surface area (Å²) in [5.41, 5.74) is 0. The topological polar surface area (TPSA) is 75.7 Å². The zero-order valence-corrected chi connectivity index (χ0v) is 10.3. The molecule has 0 aliphatic heterocycles. The third-order valence-electron chi connectivity index (χ3n) is 1.53. The van der Waals surface area contributed by atoms with Crippen molar-refractivity contribution in [2.75, 3.05) is 26.4 Å². The van der Waals surface area contributed by atoms with Gasteiger partial charge in [-0.25, -0.2) is 17.5 Å². The Bertz CT molecular complexity index is 298. The maximum Gasteiger partial charge on any atom is 0.407 e. The normalized spacial score (nSPS) is 11.9. The van der Waals surface area contributed by atoms with E-state index in [2.05, 4.69) is 5.32 Å². The van der Waals surface area contributed by atoms with Crippen molar-refractivity contribution in [3.63, 3.8) is 0 Å². The molecule has 0 saturated heterocycles.